The van der Waals surface area contributed by atoms with Gasteiger partial charge in [0.2, 0.25) is 0 Å². The molecule has 0 amide bonds. The summed E-state index contributed by atoms with van der Waals surface area (Å²) >= 11 is 18.6. The Labute approximate surface area is 219 Å². The first-order valence-electron chi connectivity index (χ1n) is 11.2. The number of aromatic nitrogens is 2. The molecule has 0 spiro atoms. The molecule has 0 aliphatic carbocycles. The van der Waals surface area contributed by atoms with Crippen molar-refractivity contribution in [1.82, 2.24) is 14.9 Å². The molecule has 3 heterocycles. The summed E-state index contributed by atoms with van der Waals surface area (Å²) in [5.74, 6) is -0.250. The molecule has 1 aliphatic rings. The Morgan fingerprint density at radius 2 is 1.80 bits per heavy atom. The second-order valence-electron chi connectivity index (χ2n) is 8.69. The summed E-state index contributed by atoms with van der Waals surface area (Å²) in [5, 5.41) is 5.18. The van der Waals surface area contributed by atoms with Crippen LogP contribution in [0.2, 0.25) is 10.0 Å². The van der Waals surface area contributed by atoms with Crippen molar-refractivity contribution in [3.63, 3.8) is 0 Å². The molecule has 0 bridgehead atoms. The fourth-order valence-electron chi connectivity index (χ4n) is 4.85. The van der Waals surface area contributed by atoms with Crippen LogP contribution >= 0.6 is 35.4 Å². The summed E-state index contributed by atoms with van der Waals surface area (Å²) in [6.07, 6.45) is 1.78. The maximum Gasteiger partial charge on any atom is 0.174 e. The molecule has 2 atom stereocenters. The van der Waals surface area contributed by atoms with Crippen molar-refractivity contribution in [3.8, 4) is 5.69 Å². The van der Waals surface area contributed by atoms with Crippen LogP contribution in [-0.2, 0) is 0 Å². The van der Waals surface area contributed by atoms with E-state index in [1.54, 1.807) is 25.3 Å². The Bertz CT molecular complexity index is 1440. The van der Waals surface area contributed by atoms with Gasteiger partial charge < -0.3 is 14.8 Å². The standard InChI is InChI=1S/C27H23Cl2FN4S/c1-15-12-19(8-9-22(15)30)34-26(25(32-27(34)35)23-6-4-5-11-31-23)20-13-16(2)33(17(20)3)24-10-7-18(28)14-21(24)29/h4-14,25-26H,1-3H3,(H,32,35)/t25-,26-/m1/s1. The molecule has 178 valence electrons. The fourth-order valence-corrected chi connectivity index (χ4v) is 5.69. The molecule has 4 aromatic rings. The molecular weight excluding hydrogens is 502 g/mol. The Hall–Kier alpha value is -2.93. The lowest BCUT2D eigenvalue weighted by Crippen LogP contribution is -2.29. The number of aryl methyl sites for hydroxylation is 2. The maximum absolute atomic E-state index is 14.1. The molecule has 4 nitrogen and oxygen atoms in total. The lowest BCUT2D eigenvalue weighted by molar-refractivity contribution is 0.564. The van der Waals surface area contributed by atoms with E-state index in [4.69, 9.17) is 35.4 Å². The number of thiocarbonyl (C=S) groups is 1. The number of benzene rings is 2. The summed E-state index contributed by atoms with van der Waals surface area (Å²) in [5.41, 5.74) is 6.21. The van der Waals surface area contributed by atoms with Crippen molar-refractivity contribution in [2.45, 2.75) is 32.9 Å². The highest BCUT2D eigenvalue weighted by Crippen LogP contribution is 2.44. The van der Waals surface area contributed by atoms with Crippen molar-refractivity contribution in [3.05, 3.63) is 111 Å². The van der Waals surface area contributed by atoms with Gasteiger partial charge in [-0.1, -0.05) is 29.3 Å². The number of anilines is 1. The molecule has 2 aromatic carbocycles. The summed E-state index contributed by atoms with van der Waals surface area (Å²) in [7, 11) is 0. The number of hydrogen-bond donors (Lipinski definition) is 1. The zero-order chi connectivity index (χ0) is 24.9. The average Bonchev–Trinajstić information content (AvgIpc) is 3.32. The fraction of sp³-hybridized carbons (Fsp3) is 0.185. The van der Waals surface area contributed by atoms with E-state index in [0.717, 1.165) is 34.0 Å². The van der Waals surface area contributed by atoms with E-state index >= 15 is 0 Å². The second-order valence-corrected chi connectivity index (χ2v) is 9.92. The van der Waals surface area contributed by atoms with Crippen LogP contribution in [0.4, 0.5) is 10.1 Å². The third-order valence-electron chi connectivity index (χ3n) is 6.46. The van der Waals surface area contributed by atoms with Gasteiger partial charge in [0, 0.05) is 28.3 Å². The summed E-state index contributed by atoms with van der Waals surface area (Å²) in [6.45, 7) is 5.87. The predicted molar refractivity (Wildman–Crippen MR) is 144 cm³/mol. The van der Waals surface area contributed by atoms with E-state index in [9.17, 15) is 4.39 Å². The number of nitrogens with zero attached hydrogens (tertiary/aromatic N) is 3. The van der Waals surface area contributed by atoms with Crippen molar-refractivity contribution < 1.29 is 4.39 Å². The average molecular weight is 525 g/mol. The monoisotopic (exact) mass is 524 g/mol. The molecule has 0 radical (unpaired) electrons. The van der Waals surface area contributed by atoms with Crippen molar-refractivity contribution in [2.75, 3.05) is 4.90 Å². The molecule has 0 unspecified atom stereocenters. The zero-order valence-corrected chi connectivity index (χ0v) is 21.7. The first kappa shape index (κ1) is 23.8. The van der Waals surface area contributed by atoms with Crippen LogP contribution < -0.4 is 10.2 Å². The van der Waals surface area contributed by atoms with Crippen molar-refractivity contribution in [2.24, 2.45) is 0 Å². The van der Waals surface area contributed by atoms with Crippen LogP contribution in [0.15, 0.2) is 66.9 Å². The molecule has 1 N–H and O–H groups in total. The summed E-state index contributed by atoms with van der Waals surface area (Å²) in [6, 6.07) is 18.1. The quantitative estimate of drug-likeness (QED) is 0.281. The van der Waals surface area contributed by atoms with E-state index in [1.165, 1.54) is 6.07 Å². The Morgan fingerprint density at radius 3 is 2.49 bits per heavy atom. The van der Waals surface area contributed by atoms with E-state index in [-0.39, 0.29) is 17.9 Å². The van der Waals surface area contributed by atoms with Crippen LogP contribution in [0, 0.1) is 26.6 Å². The van der Waals surface area contributed by atoms with Gasteiger partial charge in [-0.3, -0.25) is 4.98 Å². The number of rotatable bonds is 4. The van der Waals surface area contributed by atoms with E-state index < -0.39 is 0 Å². The molecule has 1 aliphatic heterocycles. The molecule has 0 saturated carbocycles. The van der Waals surface area contributed by atoms with Gasteiger partial charge in [-0.15, -0.1) is 0 Å². The van der Waals surface area contributed by atoms with Crippen molar-refractivity contribution in [1.29, 1.82) is 0 Å². The Kier molecular flexibility index (Phi) is 6.30. The van der Waals surface area contributed by atoms with Crippen molar-refractivity contribution >= 4 is 46.2 Å². The third kappa shape index (κ3) is 4.20. The highest BCUT2D eigenvalue weighted by molar-refractivity contribution is 7.80. The minimum atomic E-state index is -0.250. The number of nitrogens with one attached hydrogen (secondary N) is 1. The van der Waals surface area contributed by atoms with Gasteiger partial charge in [0.15, 0.2) is 5.11 Å². The molecular formula is C27H23Cl2FN4S. The zero-order valence-electron chi connectivity index (χ0n) is 19.4. The van der Waals surface area contributed by atoms with E-state index in [2.05, 4.69) is 32.8 Å². The van der Waals surface area contributed by atoms with E-state index in [0.29, 0.717) is 20.7 Å². The molecule has 35 heavy (non-hydrogen) atoms. The Balaban J connectivity index is 1.70. The minimum Gasteiger partial charge on any atom is -0.351 e. The maximum atomic E-state index is 14.1. The number of hydrogen-bond acceptors (Lipinski definition) is 2. The summed E-state index contributed by atoms with van der Waals surface area (Å²) in [4.78, 5) is 6.67. The number of halogens is 3. The van der Waals surface area contributed by atoms with Crippen LogP contribution in [0.1, 0.15) is 40.3 Å². The van der Waals surface area contributed by atoms with Gasteiger partial charge >= 0.3 is 0 Å². The second kappa shape index (κ2) is 9.26. The molecule has 1 fully saturated rings. The van der Waals surface area contributed by atoms with Gasteiger partial charge in [-0.2, -0.15) is 0 Å². The lowest BCUT2D eigenvalue weighted by Gasteiger charge is -2.28. The molecule has 8 heteroatoms. The van der Waals surface area contributed by atoms with Gasteiger partial charge in [0.05, 0.1) is 28.5 Å². The molecule has 2 aromatic heterocycles. The highest BCUT2D eigenvalue weighted by Gasteiger charge is 2.42. The lowest BCUT2D eigenvalue weighted by atomic mass is 9.96. The summed E-state index contributed by atoms with van der Waals surface area (Å²) < 4.78 is 16.2. The van der Waals surface area contributed by atoms with Crippen LogP contribution in [0.5, 0.6) is 0 Å². The highest BCUT2D eigenvalue weighted by atomic mass is 35.5. The minimum absolute atomic E-state index is 0.205. The van der Waals surface area contributed by atoms with Gasteiger partial charge in [0.1, 0.15) is 5.82 Å². The normalized spacial score (nSPS) is 17.7. The number of pyridine rings is 1. The smallest absolute Gasteiger partial charge is 0.174 e. The SMILES string of the molecule is Cc1cc(N2C(=S)N[C@H](c3ccccn3)[C@H]2c2cc(C)n(-c3ccc(Cl)cc3Cl)c2C)ccc1F. The predicted octanol–water partition coefficient (Wildman–Crippen LogP) is 7.42. The topological polar surface area (TPSA) is 33.1 Å². The van der Waals surface area contributed by atoms with Gasteiger partial charge in [0.25, 0.3) is 0 Å². The molecule has 5 rings (SSSR count). The Morgan fingerprint density at radius 1 is 1.00 bits per heavy atom. The third-order valence-corrected chi connectivity index (χ3v) is 7.31. The van der Waals surface area contributed by atoms with Gasteiger partial charge in [-0.25, -0.2) is 4.39 Å². The van der Waals surface area contributed by atoms with Crippen LogP contribution in [0.3, 0.4) is 0 Å². The van der Waals surface area contributed by atoms with Crippen LogP contribution in [0.25, 0.3) is 5.69 Å². The first-order valence-corrected chi connectivity index (χ1v) is 12.3. The van der Waals surface area contributed by atoms with E-state index in [1.807, 2.05) is 43.3 Å². The van der Waals surface area contributed by atoms with Crippen LogP contribution in [-0.4, -0.2) is 14.7 Å². The first-order chi connectivity index (χ1) is 16.8. The molecule has 1 saturated heterocycles. The largest absolute Gasteiger partial charge is 0.351 e. The van der Waals surface area contributed by atoms with Gasteiger partial charge in [-0.05, 0) is 98.7 Å².